The van der Waals surface area contributed by atoms with Crippen LogP contribution in [0.2, 0.25) is 5.02 Å². The van der Waals surface area contributed by atoms with E-state index in [1.54, 1.807) is 12.1 Å². The van der Waals surface area contributed by atoms with Crippen LogP contribution >= 0.6 is 11.6 Å². The smallest absolute Gasteiger partial charge is 0.261 e. The maximum absolute atomic E-state index is 12.2. The van der Waals surface area contributed by atoms with Crippen molar-refractivity contribution in [2.24, 2.45) is 0 Å². The van der Waals surface area contributed by atoms with Crippen molar-refractivity contribution in [3.8, 4) is 5.75 Å². The zero-order valence-electron chi connectivity index (χ0n) is 11.2. The SMILES string of the molecule is CCC(Oc1ccccc1Cl)C(=O)NC1CCCC1. The van der Waals surface area contributed by atoms with E-state index in [2.05, 4.69) is 5.32 Å². The summed E-state index contributed by atoms with van der Waals surface area (Å²) in [5.41, 5.74) is 0. The van der Waals surface area contributed by atoms with Crippen LogP contribution in [0.25, 0.3) is 0 Å². The van der Waals surface area contributed by atoms with Crippen LogP contribution in [0.3, 0.4) is 0 Å². The van der Waals surface area contributed by atoms with Gasteiger partial charge in [-0.05, 0) is 31.4 Å². The number of halogens is 1. The molecule has 0 spiro atoms. The van der Waals surface area contributed by atoms with Crippen molar-refractivity contribution in [2.45, 2.75) is 51.2 Å². The summed E-state index contributed by atoms with van der Waals surface area (Å²) in [6, 6.07) is 7.56. The molecule has 1 aliphatic rings. The van der Waals surface area contributed by atoms with E-state index in [1.165, 1.54) is 12.8 Å². The lowest BCUT2D eigenvalue weighted by Gasteiger charge is -2.20. The van der Waals surface area contributed by atoms with Crippen molar-refractivity contribution in [3.63, 3.8) is 0 Å². The Morgan fingerprint density at radius 1 is 1.42 bits per heavy atom. The summed E-state index contributed by atoms with van der Waals surface area (Å²) in [5.74, 6) is 0.534. The van der Waals surface area contributed by atoms with Gasteiger partial charge in [0.1, 0.15) is 5.75 Å². The van der Waals surface area contributed by atoms with Gasteiger partial charge in [0, 0.05) is 6.04 Å². The Morgan fingerprint density at radius 3 is 2.74 bits per heavy atom. The zero-order valence-corrected chi connectivity index (χ0v) is 12.0. The summed E-state index contributed by atoms with van der Waals surface area (Å²) in [4.78, 5) is 12.2. The fourth-order valence-corrected chi connectivity index (χ4v) is 2.56. The van der Waals surface area contributed by atoms with E-state index in [0.717, 1.165) is 12.8 Å². The van der Waals surface area contributed by atoms with Gasteiger partial charge >= 0.3 is 0 Å². The van der Waals surface area contributed by atoms with Crippen LogP contribution in [0.4, 0.5) is 0 Å². The fraction of sp³-hybridized carbons (Fsp3) is 0.533. The lowest BCUT2D eigenvalue weighted by molar-refractivity contribution is -0.128. The van der Waals surface area contributed by atoms with E-state index in [9.17, 15) is 4.79 Å². The van der Waals surface area contributed by atoms with Crippen molar-refractivity contribution in [1.82, 2.24) is 5.32 Å². The molecular weight excluding hydrogens is 262 g/mol. The van der Waals surface area contributed by atoms with Gasteiger partial charge in [0.15, 0.2) is 6.10 Å². The van der Waals surface area contributed by atoms with Gasteiger partial charge in [-0.1, -0.05) is 43.5 Å². The molecule has 0 radical (unpaired) electrons. The molecule has 1 atom stereocenters. The van der Waals surface area contributed by atoms with Gasteiger partial charge < -0.3 is 10.1 Å². The Labute approximate surface area is 119 Å². The highest BCUT2D eigenvalue weighted by Crippen LogP contribution is 2.25. The predicted octanol–water partition coefficient (Wildman–Crippen LogP) is 3.56. The largest absolute Gasteiger partial charge is 0.479 e. The highest BCUT2D eigenvalue weighted by Gasteiger charge is 2.24. The molecule has 1 aromatic rings. The molecule has 19 heavy (non-hydrogen) atoms. The number of rotatable bonds is 5. The normalized spacial score (nSPS) is 17.2. The molecule has 0 bridgehead atoms. The summed E-state index contributed by atoms with van der Waals surface area (Å²) < 4.78 is 5.72. The average Bonchev–Trinajstić information content (AvgIpc) is 2.90. The van der Waals surface area contributed by atoms with Crippen LogP contribution < -0.4 is 10.1 Å². The average molecular weight is 282 g/mol. The second-order valence-corrected chi connectivity index (χ2v) is 5.34. The molecule has 0 aliphatic heterocycles. The monoisotopic (exact) mass is 281 g/mol. The molecule has 0 saturated heterocycles. The second-order valence-electron chi connectivity index (χ2n) is 4.94. The van der Waals surface area contributed by atoms with E-state index in [1.807, 2.05) is 19.1 Å². The number of nitrogens with one attached hydrogen (secondary N) is 1. The third-order valence-electron chi connectivity index (χ3n) is 3.47. The van der Waals surface area contributed by atoms with Gasteiger partial charge in [-0.3, -0.25) is 4.79 Å². The zero-order chi connectivity index (χ0) is 13.7. The third-order valence-corrected chi connectivity index (χ3v) is 3.78. The first-order valence-corrected chi connectivity index (χ1v) is 7.30. The van der Waals surface area contributed by atoms with Gasteiger partial charge in [0.05, 0.1) is 5.02 Å². The number of carbonyl (C=O) groups is 1. The number of amides is 1. The van der Waals surface area contributed by atoms with Crippen molar-refractivity contribution in [3.05, 3.63) is 29.3 Å². The van der Waals surface area contributed by atoms with Crippen molar-refractivity contribution >= 4 is 17.5 Å². The summed E-state index contributed by atoms with van der Waals surface area (Å²) in [6.07, 6.45) is 4.72. The summed E-state index contributed by atoms with van der Waals surface area (Å²) in [6.45, 7) is 1.94. The Hall–Kier alpha value is -1.22. The second kappa shape index (κ2) is 6.80. The molecular formula is C15H20ClNO2. The number of para-hydroxylation sites is 1. The summed E-state index contributed by atoms with van der Waals surface area (Å²) in [7, 11) is 0. The first kappa shape index (κ1) is 14.2. The standard InChI is InChI=1S/C15H20ClNO2/c1-2-13(15(18)17-11-7-3-4-8-11)19-14-10-6-5-9-12(14)16/h5-6,9-11,13H,2-4,7-8H2,1H3,(H,17,18). The van der Waals surface area contributed by atoms with Gasteiger partial charge in [-0.2, -0.15) is 0 Å². The maximum atomic E-state index is 12.2. The number of carbonyl (C=O) groups excluding carboxylic acids is 1. The molecule has 1 unspecified atom stereocenters. The highest BCUT2D eigenvalue weighted by atomic mass is 35.5. The van der Waals surface area contributed by atoms with E-state index in [0.29, 0.717) is 23.2 Å². The molecule has 4 heteroatoms. The van der Waals surface area contributed by atoms with Crippen molar-refractivity contribution in [1.29, 1.82) is 0 Å². The number of ether oxygens (including phenoxy) is 1. The lowest BCUT2D eigenvalue weighted by Crippen LogP contribution is -2.42. The highest BCUT2D eigenvalue weighted by molar-refractivity contribution is 6.32. The Balaban J connectivity index is 1.95. The molecule has 104 valence electrons. The molecule has 1 amide bonds. The van der Waals surface area contributed by atoms with Gasteiger partial charge in [-0.15, -0.1) is 0 Å². The first-order valence-electron chi connectivity index (χ1n) is 6.92. The molecule has 2 rings (SSSR count). The van der Waals surface area contributed by atoms with Crippen LogP contribution in [0.1, 0.15) is 39.0 Å². The molecule has 0 heterocycles. The summed E-state index contributed by atoms with van der Waals surface area (Å²) >= 11 is 6.04. The van der Waals surface area contributed by atoms with Crippen LogP contribution in [-0.4, -0.2) is 18.1 Å². The fourth-order valence-electron chi connectivity index (χ4n) is 2.38. The minimum atomic E-state index is -0.472. The van der Waals surface area contributed by atoms with Gasteiger partial charge in [-0.25, -0.2) is 0 Å². The Morgan fingerprint density at radius 2 is 2.11 bits per heavy atom. The van der Waals surface area contributed by atoms with Crippen molar-refractivity contribution in [2.75, 3.05) is 0 Å². The molecule has 1 fully saturated rings. The van der Waals surface area contributed by atoms with Crippen LogP contribution in [0.5, 0.6) is 5.75 Å². The molecule has 3 nitrogen and oxygen atoms in total. The van der Waals surface area contributed by atoms with E-state index < -0.39 is 6.10 Å². The number of hydrogen-bond acceptors (Lipinski definition) is 2. The van der Waals surface area contributed by atoms with E-state index in [-0.39, 0.29) is 5.91 Å². The third kappa shape index (κ3) is 3.87. The maximum Gasteiger partial charge on any atom is 0.261 e. The van der Waals surface area contributed by atoms with Crippen LogP contribution in [-0.2, 0) is 4.79 Å². The molecule has 1 saturated carbocycles. The minimum absolute atomic E-state index is 0.0330. The molecule has 1 aliphatic carbocycles. The van der Waals surface area contributed by atoms with Crippen LogP contribution in [0.15, 0.2) is 24.3 Å². The van der Waals surface area contributed by atoms with E-state index >= 15 is 0 Å². The van der Waals surface area contributed by atoms with Gasteiger partial charge in [0.25, 0.3) is 5.91 Å². The lowest BCUT2D eigenvalue weighted by atomic mass is 10.2. The predicted molar refractivity (Wildman–Crippen MR) is 76.6 cm³/mol. The molecule has 1 aromatic carbocycles. The number of benzene rings is 1. The van der Waals surface area contributed by atoms with Crippen molar-refractivity contribution < 1.29 is 9.53 Å². The quantitative estimate of drug-likeness (QED) is 0.896. The van der Waals surface area contributed by atoms with Gasteiger partial charge in [0.2, 0.25) is 0 Å². The topological polar surface area (TPSA) is 38.3 Å². The Bertz CT molecular complexity index is 430. The van der Waals surface area contributed by atoms with Crippen LogP contribution in [0, 0.1) is 0 Å². The number of hydrogen-bond donors (Lipinski definition) is 1. The Kier molecular flexibility index (Phi) is 5.08. The first-order chi connectivity index (χ1) is 9.20. The molecule has 1 N–H and O–H groups in total. The molecule has 0 aromatic heterocycles. The summed E-state index contributed by atoms with van der Waals surface area (Å²) in [5, 5.41) is 3.60. The minimum Gasteiger partial charge on any atom is -0.479 e. The van der Waals surface area contributed by atoms with E-state index in [4.69, 9.17) is 16.3 Å².